The lowest BCUT2D eigenvalue weighted by molar-refractivity contribution is 0.297. The molecular weight excluding hydrogens is 404 g/mol. The van der Waals surface area contributed by atoms with E-state index in [9.17, 15) is 10.4 Å². The van der Waals surface area contributed by atoms with E-state index in [4.69, 9.17) is 29.3 Å². The van der Waals surface area contributed by atoms with Crippen LogP contribution in [0.5, 0.6) is 17.2 Å². The Kier molecular flexibility index (Phi) is 6.22. The van der Waals surface area contributed by atoms with Crippen LogP contribution in [0, 0.1) is 11.3 Å². The molecule has 2 heterocycles. The Morgan fingerprint density at radius 1 is 1.13 bits per heavy atom. The molecule has 0 spiro atoms. The molecule has 0 radical (unpaired) electrons. The second-order valence-electron chi connectivity index (χ2n) is 7.00. The molecule has 0 bridgehead atoms. The largest absolute Gasteiger partial charge is 0.493 e. The van der Waals surface area contributed by atoms with Gasteiger partial charge in [-0.05, 0) is 36.4 Å². The Bertz CT molecular complexity index is 1030. The quantitative estimate of drug-likeness (QED) is 0.643. The van der Waals surface area contributed by atoms with Gasteiger partial charge in [-0.25, -0.2) is 9.97 Å². The maximum Gasteiger partial charge on any atom is 0.203 e. The van der Waals surface area contributed by atoms with E-state index >= 15 is 0 Å². The molecule has 3 rings (SSSR count). The second kappa shape index (κ2) is 8.52. The van der Waals surface area contributed by atoms with Crippen LogP contribution < -0.4 is 19.3 Å². The van der Waals surface area contributed by atoms with Crippen LogP contribution in [0.1, 0.15) is 29.6 Å². The minimum atomic E-state index is -2.02. The van der Waals surface area contributed by atoms with Gasteiger partial charge in [-0.2, -0.15) is 5.26 Å². The summed E-state index contributed by atoms with van der Waals surface area (Å²) in [6.45, 7) is 1.81. The highest BCUT2D eigenvalue weighted by molar-refractivity contribution is 8.35. The number of allylic oxidation sites excluding steroid dienone is 2. The summed E-state index contributed by atoms with van der Waals surface area (Å²) in [5.74, 6) is 2.16. The molecule has 160 valence electrons. The van der Waals surface area contributed by atoms with Gasteiger partial charge >= 0.3 is 0 Å². The van der Waals surface area contributed by atoms with E-state index in [0.29, 0.717) is 51.5 Å². The van der Waals surface area contributed by atoms with E-state index < -0.39 is 10.2 Å². The van der Waals surface area contributed by atoms with E-state index in [1.165, 1.54) is 0 Å². The highest BCUT2D eigenvalue weighted by Gasteiger charge is 2.37. The van der Waals surface area contributed by atoms with Crippen LogP contribution >= 0.6 is 10.2 Å². The van der Waals surface area contributed by atoms with Crippen LogP contribution in [0.3, 0.4) is 0 Å². The Morgan fingerprint density at radius 2 is 1.77 bits per heavy atom. The normalized spacial score (nSPS) is 19.7. The fourth-order valence-electron chi connectivity index (χ4n) is 3.71. The molecule has 0 saturated carbocycles. The van der Waals surface area contributed by atoms with E-state index in [0.717, 1.165) is 16.7 Å². The maximum absolute atomic E-state index is 9.63. The van der Waals surface area contributed by atoms with Crippen molar-refractivity contribution in [1.29, 1.82) is 5.26 Å². The van der Waals surface area contributed by atoms with Gasteiger partial charge in [0.1, 0.15) is 16.9 Å². The van der Waals surface area contributed by atoms with E-state index in [2.05, 4.69) is 6.07 Å². The van der Waals surface area contributed by atoms with Crippen molar-refractivity contribution in [3.05, 3.63) is 39.7 Å². The van der Waals surface area contributed by atoms with Crippen molar-refractivity contribution in [3.8, 4) is 23.3 Å². The van der Waals surface area contributed by atoms with Crippen LogP contribution in [0.2, 0.25) is 0 Å². The van der Waals surface area contributed by atoms with E-state index in [-0.39, 0.29) is 6.61 Å². The van der Waals surface area contributed by atoms with Crippen molar-refractivity contribution >= 4 is 15.8 Å². The predicted octanol–water partition coefficient (Wildman–Crippen LogP) is 2.56. The van der Waals surface area contributed by atoms with Gasteiger partial charge in [0.25, 0.3) is 0 Å². The monoisotopic (exact) mass is 430 g/mol. The van der Waals surface area contributed by atoms with Crippen molar-refractivity contribution in [1.82, 2.24) is 9.97 Å². The number of hydrogen-bond acceptors (Lipinski definition) is 8. The number of nitrogens with two attached hydrogens (primary N) is 1. The zero-order chi connectivity index (χ0) is 22.1. The van der Waals surface area contributed by atoms with Gasteiger partial charge in [-0.3, -0.25) is 5.14 Å². The zero-order valence-electron chi connectivity index (χ0n) is 17.8. The average Bonchev–Trinajstić information content (AvgIpc) is 2.92. The third kappa shape index (κ3) is 3.58. The molecule has 1 aromatic carbocycles. The Morgan fingerprint density at radius 3 is 2.27 bits per heavy atom. The molecule has 1 aliphatic rings. The standard InChI is InChI=1S/C21H26N4O4S/c1-12-17(11-22)30(5,23)21-19(12)14(6-7-26)24-18(25-21)10-13-8-15(27-2)20(29-4)16(9-13)28-3/h8-9,26H,6-7,10,23H2,1-5H3. The molecule has 1 aromatic heterocycles. The Hall–Kier alpha value is -2.80. The molecule has 1 atom stereocenters. The number of nitrogens with zero attached hydrogens (tertiary/aromatic N) is 3. The third-order valence-electron chi connectivity index (χ3n) is 5.08. The predicted molar refractivity (Wildman–Crippen MR) is 116 cm³/mol. The summed E-state index contributed by atoms with van der Waals surface area (Å²) in [7, 11) is 2.66. The molecule has 3 N–H and O–H groups in total. The number of hydrogen-bond donors (Lipinski definition) is 2. The Labute approximate surface area is 177 Å². The van der Waals surface area contributed by atoms with Gasteiger partial charge in [-0.15, -0.1) is 10.2 Å². The number of ether oxygens (including phenoxy) is 3. The minimum absolute atomic E-state index is 0.0567. The summed E-state index contributed by atoms with van der Waals surface area (Å²) in [6, 6.07) is 5.95. The fraction of sp³-hybridized carbons (Fsp3) is 0.381. The maximum atomic E-state index is 9.63. The van der Waals surface area contributed by atoms with Crippen LogP contribution in [0.4, 0.5) is 0 Å². The lowest BCUT2D eigenvalue weighted by Gasteiger charge is -2.26. The number of aromatic nitrogens is 2. The highest BCUT2D eigenvalue weighted by atomic mass is 32.3. The Balaban J connectivity index is 2.11. The van der Waals surface area contributed by atoms with Gasteiger partial charge in [0.05, 0.1) is 31.9 Å². The first-order chi connectivity index (χ1) is 14.3. The molecule has 1 unspecified atom stereocenters. The molecule has 0 amide bonds. The topological polar surface area (TPSA) is 124 Å². The van der Waals surface area contributed by atoms with Crippen LogP contribution in [0.25, 0.3) is 5.57 Å². The van der Waals surface area contributed by atoms with Crippen molar-refractivity contribution < 1.29 is 19.3 Å². The molecule has 30 heavy (non-hydrogen) atoms. The molecule has 8 nitrogen and oxygen atoms in total. The van der Waals surface area contributed by atoms with Gasteiger partial charge < -0.3 is 19.3 Å². The first-order valence-electron chi connectivity index (χ1n) is 9.29. The van der Waals surface area contributed by atoms with Crippen molar-refractivity contribution in [2.45, 2.75) is 24.8 Å². The van der Waals surface area contributed by atoms with Crippen LogP contribution in [-0.2, 0) is 12.8 Å². The first kappa shape index (κ1) is 21.9. The molecule has 9 heteroatoms. The smallest absolute Gasteiger partial charge is 0.203 e. The van der Waals surface area contributed by atoms with Crippen molar-refractivity contribution in [3.63, 3.8) is 0 Å². The molecule has 0 aliphatic carbocycles. The minimum Gasteiger partial charge on any atom is -0.493 e. The van der Waals surface area contributed by atoms with Crippen LogP contribution in [-0.4, -0.2) is 49.3 Å². The lowest BCUT2D eigenvalue weighted by Crippen LogP contribution is -2.14. The lowest BCUT2D eigenvalue weighted by atomic mass is 10.0. The number of nitriles is 1. The number of benzene rings is 1. The van der Waals surface area contributed by atoms with Gasteiger partial charge in [0.2, 0.25) is 5.75 Å². The summed E-state index contributed by atoms with van der Waals surface area (Å²) in [6.07, 6.45) is 2.62. The summed E-state index contributed by atoms with van der Waals surface area (Å²) in [5, 5.41) is 26.5. The SMILES string of the molecule is COc1cc(Cc2nc(CCO)c3c(n2)S(C)(N)C(C#N)=C3C)cc(OC)c1OC. The molecule has 2 aromatic rings. The summed E-state index contributed by atoms with van der Waals surface area (Å²) in [5.41, 5.74) is 3.18. The molecule has 0 fully saturated rings. The number of aliphatic hydroxyl groups is 1. The van der Waals surface area contributed by atoms with E-state index in [1.54, 1.807) is 21.3 Å². The number of fused-ring (bicyclic) bond motifs is 1. The van der Waals surface area contributed by atoms with Gasteiger partial charge in [0.15, 0.2) is 11.5 Å². The third-order valence-corrected chi connectivity index (χ3v) is 7.42. The molecule has 1 aliphatic heterocycles. The fourth-order valence-corrected chi connectivity index (χ4v) is 5.82. The highest BCUT2D eigenvalue weighted by Crippen LogP contribution is 2.61. The number of aliphatic hydroxyl groups excluding tert-OH is 1. The van der Waals surface area contributed by atoms with E-state index in [1.807, 2.05) is 25.3 Å². The molecular formula is C21H26N4O4S. The number of methoxy groups -OCH3 is 3. The van der Waals surface area contributed by atoms with Crippen molar-refractivity contribution in [2.75, 3.05) is 34.2 Å². The molecule has 0 saturated heterocycles. The summed E-state index contributed by atoms with van der Waals surface area (Å²) < 4.78 is 16.2. The van der Waals surface area contributed by atoms with Crippen LogP contribution in [0.15, 0.2) is 22.1 Å². The first-order valence-corrected chi connectivity index (χ1v) is 11.4. The zero-order valence-corrected chi connectivity index (χ0v) is 18.6. The summed E-state index contributed by atoms with van der Waals surface area (Å²) >= 11 is 0. The second-order valence-corrected chi connectivity index (χ2v) is 9.76. The average molecular weight is 431 g/mol. The van der Waals surface area contributed by atoms with Crippen molar-refractivity contribution in [2.24, 2.45) is 5.14 Å². The number of rotatable bonds is 7. The van der Waals surface area contributed by atoms with Gasteiger partial charge in [0, 0.05) is 25.0 Å². The van der Waals surface area contributed by atoms with Gasteiger partial charge in [-0.1, -0.05) is 0 Å². The summed E-state index contributed by atoms with van der Waals surface area (Å²) in [4.78, 5) is 10.0.